The highest BCUT2D eigenvalue weighted by atomic mass is 32.2. The smallest absolute Gasteiger partial charge is 0.225 e. The third-order valence-electron chi connectivity index (χ3n) is 2.94. The van der Waals surface area contributed by atoms with Gasteiger partial charge in [0.2, 0.25) is 5.91 Å². The average molecular weight is 296 g/mol. The van der Waals surface area contributed by atoms with Crippen molar-refractivity contribution in [1.82, 2.24) is 0 Å². The van der Waals surface area contributed by atoms with Crippen molar-refractivity contribution in [3.8, 4) is 6.07 Å². The zero-order valence-corrected chi connectivity index (χ0v) is 12.6. The summed E-state index contributed by atoms with van der Waals surface area (Å²) >= 11 is 1.65. The van der Waals surface area contributed by atoms with E-state index in [1.807, 2.05) is 0 Å². The van der Waals surface area contributed by atoms with Gasteiger partial charge < -0.3 is 5.32 Å². The van der Waals surface area contributed by atoms with Gasteiger partial charge in [0.05, 0.1) is 11.3 Å². The largest absolute Gasteiger partial charge is 0.325 e. The number of rotatable bonds is 5. The molecule has 0 saturated carbocycles. The van der Waals surface area contributed by atoms with Crippen molar-refractivity contribution in [1.29, 1.82) is 5.26 Å². The Labute approximate surface area is 129 Å². The van der Waals surface area contributed by atoms with E-state index in [4.69, 9.17) is 5.26 Å². The van der Waals surface area contributed by atoms with Crippen LogP contribution in [0.3, 0.4) is 0 Å². The molecule has 0 radical (unpaired) electrons. The van der Waals surface area contributed by atoms with E-state index >= 15 is 0 Å². The lowest BCUT2D eigenvalue weighted by atomic mass is 10.2. The Morgan fingerprint density at radius 1 is 1.19 bits per heavy atom. The van der Waals surface area contributed by atoms with E-state index in [9.17, 15) is 4.79 Å². The molecule has 0 aliphatic rings. The van der Waals surface area contributed by atoms with Crippen molar-refractivity contribution in [3.05, 3.63) is 59.7 Å². The van der Waals surface area contributed by atoms with Crippen LogP contribution in [0.4, 0.5) is 5.69 Å². The molecular weight excluding hydrogens is 280 g/mol. The van der Waals surface area contributed by atoms with Gasteiger partial charge in [0.25, 0.3) is 0 Å². The van der Waals surface area contributed by atoms with Crippen LogP contribution in [0.25, 0.3) is 0 Å². The van der Waals surface area contributed by atoms with Crippen LogP contribution in [0.2, 0.25) is 0 Å². The number of para-hydroxylation sites is 1. The number of hydrogen-bond donors (Lipinski definition) is 1. The lowest BCUT2D eigenvalue weighted by molar-refractivity contribution is -0.115. The Balaban J connectivity index is 1.82. The number of nitrogens with one attached hydrogen (secondary N) is 1. The number of anilines is 1. The molecule has 2 aromatic carbocycles. The Hall–Kier alpha value is -2.25. The number of carbonyl (C=O) groups is 1. The number of nitriles is 1. The van der Waals surface area contributed by atoms with Crippen LogP contribution >= 0.6 is 11.8 Å². The van der Waals surface area contributed by atoms with Gasteiger partial charge in [-0.05, 0) is 31.2 Å². The molecule has 0 saturated heterocycles. The fourth-order valence-electron chi connectivity index (χ4n) is 1.80. The van der Waals surface area contributed by atoms with Crippen molar-refractivity contribution in [2.75, 3.05) is 11.1 Å². The van der Waals surface area contributed by atoms with Gasteiger partial charge in [0, 0.05) is 17.1 Å². The van der Waals surface area contributed by atoms with Gasteiger partial charge in [-0.2, -0.15) is 5.26 Å². The van der Waals surface area contributed by atoms with Gasteiger partial charge in [-0.15, -0.1) is 11.8 Å². The van der Waals surface area contributed by atoms with Gasteiger partial charge in [-0.3, -0.25) is 4.79 Å². The van der Waals surface area contributed by atoms with Crippen LogP contribution in [0.1, 0.15) is 17.5 Å². The summed E-state index contributed by atoms with van der Waals surface area (Å²) in [4.78, 5) is 13.0. The third-order valence-corrected chi connectivity index (χ3v) is 3.95. The highest BCUT2D eigenvalue weighted by molar-refractivity contribution is 7.99. The molecule has 1 amide bonds. The second kappa shape index (κ2) is 7.51. The fraction of sp³-hybridized carbons (Fsp3) is 0.176. The quantitative estimate of drug-likeness (QED) is 0.849. The average Bonchev–Trinajstić information content (AvgIpc) is 2.50. The molecule has 0 atom stereocenters. The SMILES string of the molecule is Cc1ccc(SCCC(=O)Nc2ccccc2C#N)cc1. The van der Waals surface area contributed by atoms with Crippen molar-refractivity contribution in [2.24, 2.45) is 0 Å². The summed E-state index contributed by atoms with van der Waals surface area (Å²) in [6.07, 6.45) is 0.415. The fourth-order valence-corrected chi connectivity index (χ4v) is 2.65. The Bertz CT molecular complexity index is 659. The molecule has 21 heavy (non-hydrogen) atoms. The van der Waals surface area contributed by atoms with Crippen LogP contribution in [-0.2, 0) is 4.79 Å². The third kappa shape index (κ3) is 4.66. The molecule has 4 heteroatoms. The zero-order chi connectivity index (χ0) is 15.1. The van der Waals surface area contributed by atoms with E-state index in [1.165, 1.54) is 5.56 Å². The molecule has 1 N–H and O–H groups in total. The standard InChI is InChI=1S/C17H16N2OS/c1-13-6-8-15(9-7-13)21-11-10-17(20)19-16-5-3-2-4-14(16)12-18/h2-9H,10-11H2,1H3,(H,19,20). The number of aryl methyl sites for hydroxylation is 1. The first-order valence-corrected chi connectivity index (χ1v) is 7.66. The molecule has 3 nitrogen and oxygen atoms in total. The molecule has 0 fully saturated rings. The van der Waals surface area contributed by atoms with Gasteiger partial charge in [-0.1, -0.05) is 29.8 Å². The molecule has 0 spiro atoms. The number of hydrogen-bond acceptors (Lipinski definition) is 3. The van der Waals surface area contributed by atoms with E-state index < -0.39 is 0 Å². The topological polar surface area (TPSA) is 52.9 Å². The van der Waals surface area contributed by atoms with Crippen LogP contribution in [0.5, 0.6) is 0 Å². The zero-order valence-electron chi connectivity index (χ0n) is 11.8. The lowest BCUT2D eigenvalue weighted by Crippen LogP contribution is -2.13. The first kappa shape index (κ1) is 15.1. The number of carbonyl (C=O) groups excluding carboxylic acids is 1. The maximum Gasteiger partial charge on any atom is 0.225 e. The summed E-state index contributed by atoms with van der Waals surface area (Å²) in [6.45, 7) is 2.05. The first-order valence-electron chi connectivity index (χ1n) is 6.67. The molecule has 106 valence electrons. The molecule has 0 aromatic heterocycles. The van der Waals surface area contributed by atoms with Gasteiger partial charge in [0.15, 0.2) is 0 Å². The molecule has 0 unspecified atom stereocenters. The van der Waals surface area contributed by atoms with Crippen LogP contribution in [0, 0.1) is 18.3 Å². The van der Waals surface area contributed by atoms with E-state index in [-0.39, 0.29) is 5.91 Å². The first-order chi connectivity index (χ1) is 10.2. The number of benzene rings is 2. The summed E-state index contributed by atoms with van der Waals surface area (Å²) in [5.74, 6) is 0.640. The Morgan fingerprint density at radius 2 is 1.90 bits per heavy atom. The second-order valence-electron chi connectivity index (χ2n) is 4.62. The van der Waals surface area contributed by atoms with Crippen LogP contribution in [0.15, 0.2) is 53.4 Å². The number of amides is 1. The summed E-state index contributed by atoms with van der Waals surface area (Å²) in [6, 6.07) is 17.3. The second-order valence-corrected chi connectivity index (χ2v) is 5.79. The summed E-state index contributed by atoms with van der Waals surface area (Å²) in [7, 11) is 0. The van der Waals surface area contributed by atoms with E-state index in [0.717, 1.165) is 4.90 Å². The summed E-state index contributed by atoms with van der Waals surface area (Å²) < 4.78 is 0. The minimum absolute atomic E-state index is 0.0719. The molecule has 2 aromatic rings. The highest BCUT2D eigenvalue weighted by Gasteiger charge is 2.06. The molecule has 0 aliphatic carbocycles. The maximum absolute atomic E-state index is 11.9. The van der Waals surface area contributed by atoms with E-state index in [2.05, 4.69) is 42.6 Å². The molecule has 2 rings (SSSR count). The van der Waals surface area contributed by atoms with E-state index in [0.29, 0.717) is 23.4 Å². The Morgan fingerprint density at radius 3 is 2.62 bits per heavy atom. The summed E-state index contributed by atoms with van der Waals surface area (Å²) in [5.41, 5.74) is 2.28. The summed E-state index contributed by atoms with van der Waals surface area (Å²) in [5, 5.41) is 11.8. The molecular formula is C17H16N2OS. The van der Waals surface area contributed by atoms with Crippen molar-refractivity contribution >= 4 is 23.4 Å². The minimum atomic E-state index is -0.0719. The van der Waals surface area contributed by atoms with Crippen molar-refractivity contribution in [3.63, 3.8) is 0 Å². The Kier molecular flexibility index (Phi) is 5.42. The van der Waals surface area contributed by atoms with E-state index in [1.54, 1.807) is 36.0 Å². The van der Waals surface area contributed by atoms with Gasteiger partial charge in [-0.25, -0.2) is 0 Å². The minimum Gasteiger partial charge on any atom is -0.325 e. The highest BCUT2D eigenvalue weighted by Crippen LogP contribution is 2.20. The maximum atomic E-state index is 11.9. The van der Waals surface area contributed by atoms with Crippen molar-refractivity contribution in [2.45, 2.75) is 18.2 Å². The van der Waals surface area contributed by atoms with Gasteiger partial charge in [0.1, 0.15) is 6.07 Å². The molecule has 0 heterocycles. The molecule has 0 aliphatic heterocycles. The van der Waals surface area contributed by atoms with Crippen LogP contribution in [-0.4, -0.2) is 11.7 Å². The normalized spacial score (nSPS) is 9.90. The number of thioether (sulfide) groups is 1. The monoisotopic (exact) mass is 296 g/mol. The van der Waals surface area contributed by atoms with Crippen molar-refractivity contribution < 1.29 is 4.79 Å². The predicted molar refractivity (Wildman–Crippen MR) is 86.3 cm³/mol. The lowest BCUT2D eigenvalue weighted by Gasteiger charge is -2.06. The predicted octanol–water partition coefficient (Wildman–Crippen LogP) is 3.99. The molecule has 0 bridgehead atoms. The van der Waals surface area contributed by atoms with Crippen LogP contribution < -0.4 is 5.32 Å². The van der Waals surface area contributed by atoms with Gasteiger partial charge >= 0.3 is 0 Å². The number of nitrogens with zero attached hydrogens (tertiary/aromatic N) is 1.